The van der Waals surface area contributed by atoms with E-state index in [1.807, 2.05) is 6.92 Å². The third-order valence-electron chi connectivity index (χ3n) is 1.03. The molecule has 1 aliphatic rings. The van der Waals surface area contributed by atoms with Gasteiger partial charge >= 0.3 is 0 Å². The fourth-order valence-electron chi connectivity index (χ4n) is 0.697. The Morgan fingerprint density at radius 3 is 2.43 bits per heavy atom. The summed E-state index contributed by atoms with van der Waals surface area (Å²) < 4.78 is 0. The summed E-state index contributed by atoms with van der Waals surface area (Å²) in [4.78, 5) is 4.14. The predicted molar refractivity (Wildman–Crippen MR) is 34.0 cm³/mol. The fraction of sp³-hybridized carbons (Fsp3) is 0.400. The van der Waals surface area contributed by atoms with E-state index >= 15 is 0 Å². The van der Waals surface area contributed by atoms with Gasteiger partial charge in [0, 0.05) is 5.71 Å². The molecule has 1 aliphatic heterocycles. The lowest BCUT2D eigenvalue weighted by molar-refractivity contribution is 1.67. The summed E-state index contributed by atoms with van der Waals surface area (Å²) in [6, 6.07) is 0. The molecule has 0 bridgehead atoms. The second kappa shape index (κ2) is 1.53. The summed E-state index contributed by atoms with van der Waals surface area (Å²) in [7, 11) is 0.922. The summed E-state index contributed by atoms with van der Waals surface area (Å²) >= 11 is 0. The molecule has 0 saturated heterocycles. The number of allylic oxidation sites excluding steroid dienone is 2. The van der Waals surface area contributed by atoms with Gasteiger partial charge in [-0.25, -0.2) is 0 Å². The Labute approximate surface area is 44.4 Å². The maximum atomic E-state index is 4.14. The second-order valence-corrected chi connectivity index (χ2v) is 1.95. The first kappa shape index (κ1) is 4.63. The summed E-state index contributed by atoms with van der Waals surface area (Å²) in [5.41, 5.74) is 2.54. The molecule has 0 aliphatic carbocycles. The van der Waals surface area contributed by atoms with Crippen LogP contribution in [0.2, 0.25) is 0 Å². The van der Waals surface area contributed by atoms with E-state index < -0.39 is 0 Å². The topological polar surface area (TPSA) is 12.4 Å². The van der Waals surface area contributed by atoms with Crippen molar-refractivity contribution in [2.24, 2.45) is 4.90 Å². The van der Waals surface area contributed by atoms with E-state index in [2.05, 4.69) is 17.9 Å². The average molecular weight is 92.9 g/mol. The van der Waals surface area contributed by atoms with Crippen LogP contribution < -0.4 is 0 Å². The van der Waals surface area contributed by atoms with Crippen molar-refractivity contribution in [2.75, 3.05) is 0 Å². The molecule has 0 N–H and O–H groups in total. The minimum absolute atomic E-state index is 0.922. The molecule has 1 heterocycles. The normalized spacial score (nSPS) is 18.0. The molecule has 0 amide bonds. The van der Waals surface area contributed by atoms with Crippen molar-refractivity contribution < 1.29 is 0 Å². The van der Waals surface area contributed by atoms with E-state index in [1.54, 1.807) is 0 Å². The van der Waals surface area contributed by atoms with Crippen LogP contribution in [-0.4, -0.2) is 13.1 Å². The van der Waals surface area contributed by atoms with Crippen LogP contribution in [0.4, 0.5) is 0 Å². The molecule has 0 fully saturated rings. The minimum Gasteiger partial charge on any atom is -0.345 e. The van der Waals surface area contributed by atoms with Gasteiger partial charge < -0.3 is 4.90 Å². The Hall–Kier alpha value is -0.525. The first-order valence-corrected chi connectivity index (χ1v) is 2.47. The lowest BCUT2D eigenvalue weighted by Crippen LogP contribution is -1.78. The van der Waals surface area contributed by atoms with E-state index in [9.17, 15) is 0 Å². The molecule has 0 aromatic carbocycles. The second-order valence-electron chi connectivity index (χ2n) is 1.95. The van der Waals surface area contributed by atoms with Gasteiger partial charge in [-0.3, -0.25) is 0 Å². The highest BCUT2D eigenvalue weighted by atomic mass is 14.6. The van der Waals surface area contributed by atoms with Crippen LogP contribution in [0.15, 0.2) is 16.5 Å². The molecule has 7 heavy (non-hydrogen) atoms. The molecule has 0 spiro atoms. The van der Waals surface area contributed by atoms with E-state index in [4.69, 9.17) is 0 Å². The lowest BCUT2D eigenvalue weighted by atomic mass is 9.87. The Kier molecular flexibility index (Phi) is 1.01. The Morgan fingerprint density at radius 2 is 2.29 bits per heavy atom. The number of nitrogens with zero attached hydrogens (tertiary/aromatic N) is 1. The molecular weight excluding hydrogens is 84.9 g/mol. The van der Waals surface area contributed by atoms with Gasteiger partial charge in [-0.2, -0.15) is 0 Å². The number of hydrogen-bond acceptors (Lipinski definition) is 1. The van der Waals surface area contributed by atoms with E-state index in [-0.39, 0.29) is 0 Å². The first-order valence-electron chi connectivity index (χ1n) is 2.47. The highest BCUT2D eigenvalue weighted by Gasteiger charge is 1.98. The third-order valence-corrected chi connectivity index (χ3v) is 1.03. The van der Waals surface area contributed by atoms with E-state index in [0.717, 1.165) is 13.1 Å². The molecule has 1 nitrogen and oxygen atoms in total. The Morgan fingerprint density at radius 1 is 1.57 bits per heavy atom. The molecule has 0 aromatic heterocycles. The predicted octanol–water partition coefficient (Wildman–Crippen LogP) is 0.716. The summed E-state index contributed by atoms with van der Waals surface area (Å²) in [6.07, 6.45) is 2.11. The zero-order valence-electron chi connectivity index (χ0n) is 4.73. The van der Waals surface area contributed by atoms with Crippen molar-refractivity contribution in [1.29, 1.82) is 0 Å². The zero-order chi connectivity index (χ0) is 5.28. The van der Waals surface area contributed by atoms with Crippen LogP contribution in [0.5, 0.6) is 0 Å². The van der Waals surface area contributed by atoms with Crippen LogP contribution in [0.25, 0.3) is 0 Å². The van der Waals surface area contributed by atoms with Gasteiger partial charge in [0.25, 0.3) is 7.41 Å². The van der Waals surface area contributed by atoms with Gasteiger partial charge in [-0.05, 0) is 6.92 Å². The van der Waals surface area contributed by atoms with E-state index in [1.165, 1.54) is 5.47 Å². The molecule has 1 rings (SSSR count). The maximum Gasteiger partial charge on any atom is 0.290 e. The quantitative estimate of drug-likeness (QED) is 0.391. The smallest absolute Gasteiger partial charge is 0.290 e. The van der Waals surface area contributed by atoms with Crippen LogP contribution in [0.1, 0.15) is 13.8 Å². The number of hydrogen-bond donors (Lipinski definition) is 0. The zero-order valence-corrected chi connectivity index (χ0v) is 4.73. The molecule has 36 valence electrons. The minimum atomic E-state index is 0.922. The van der Waals surface area contributed by atoms with Crippen molar-refractivity contribution in [2.45, 2.75) is 13.8 Å². The monoisotopic (exact) mass is 93.1 g/mol. The van der Waals surface area contributed by atoms with Crippen molar-refractivity contribution in [1.82, 2.24) is 0 Å². The van der Waals surface area contributed by atoms with Crippen LogP contribution in [0, 0.1) is 0 Å². The van der Waals surface area contributed by atoms with Crippen molar-refractivity contribution in [3.63, 3.8) is 0 Å². The van der Waals surface area contributed by atoms with Gasteiger partial charge in [0.1, 0.15) is 0 Å². The van der Waals surface area contributed by atoms with Gasteiger partial charge in [-0.15, -0.1) is 0 Å². The van der Waals surface area contributed by atoms with Gasteiger partial charge in [0.05, 0.1) is 0 Å². The van der Waals surface area contributed by atoms with Crippen LogP contribution >= 0.6 is 0 Å². The molecular formula is C5H8BN. The Balaban J connectivity index is 2.69. The SMILES string of the molecule is CC1=CC(C)=NB1. The molecule has 0 saturated carbocycles. The van der Waals surface area contributed by atoms with Gasteiger partial charge in [0.15, 0.2) is 0 Å². The summed E-state index contributed by atoms with van der Waals surface area (Å²) in [5, 5.41) is 0. The highest BCUT2D eigenvalue weighted by Crippen LogP contribution is 1.98. The third kappa shape index (κ3) is 0.920. The lowest BCUT2D eigenvalue weighted by Gasteiger charge is -1.75. The Bertz CT molecular complexity index is 135. The fourth-order valence-corrected chi connectivity index (χ4v) is 0.697. The van der Waals surface area contributed by atoms with Crippen LogP contribution in [0.3, 0.4) is 0 Å². The van der Waals surface area contributed by atoms with Crippen LogP contribution in [-0.2, 0) is 0 Å². The van der Waals surface area contributed by atoms with Crippen molar-refractivity contribution in [3.8, 4) is 0 Å². The molecule has 2 heteroatoms. The molecule has 0 atom stereocenters. The van der Waals surface area contributed by atoms with Gasteiger partial charge in [0.2, 0.25) is 0 Å². The maximum absolute atomic E-state index is 4.14. The van der Waals surface area contributed by atoms with Crippen molar-refractivity contribution in [3.05, 3.63) is 11.5 Å². The molecule has 0 aromatic rings. The summed E-state index contributed by atoms with van der Waals surface area (Å²) in [6.45, 7) is 4.12. The van der Waals surface area contributed by atoms with E-state index in [0.29, 0.717) is 0 Å². The largest absolute Gasteiger partial charge is 0.345 e. The number of rotatable bonds is 0. The molecule has 0 radical (unpaired) electrons. The average Bonchev–Trinajstić information content (AvgIpc) is 1.87. The summed E-state index contributed by atoms with van der Waals surface area (Å²) in [5.74, 6) is 0. The standard InChI is InChI=1S/C5H8BN/c1-4-3-5(2)7-6-4/h3,6H,1-2H3. The highest BCUT2D eigenvalue weighted by molar-refractivity contribution is 6.49. The molecule has 0 unspecified atom stereocenters. The first-order chi connectivity index (χ1) is 3.29. The van der Waals surface area contributed by atoms with Crippen molar-refractivity contribution >= 4 is 13.1 Å². The van der Waals surface area contributed by atoms with Gasteiger partial charge in [-0.1, -0.05) is 18.5 Å².